The molecule has 0 spiro atoms. The highest BCUT2D eigenvalue weighted by Gasteiger charge is 2.31. The van der Waals surface area contributed by atoms with Crippen LogP contribution in [0.1, 0.15) is 149 Å². The SMILES string of the molecule is CC/C=C/C/C=C/C/C=C/C/C=C/C/C=C/CCC(=O)OCC(COCCC(C(=O)O)[N+](C)(C)C)OC(=O)CCCCCCC/C=C/C=C/C=C/CCCCCCC. The molecule has 0 aromatic heterocycles. The van der Waals surface area contributed by atoms with Crippen molar-refractivity contribution >= 4 is 17.9 Å². The van der Waals surface area contributed by atoms with Crippen molar-refractivity contribution in [2.24, 2.45) is 0 Å². The molecule has 0 aromatic carbocycles. The molecule has 2 atom stereocenters. The van der Waals surface area contributed by atoms with Gasteiger partial charge in [0.2, 0.25) is 0 Å². The van der Waals surface area contributed by atoms with E-state index in [0.29, 0.717) is 12.8 Å². The molecule has 0 rings (SSSR count). The number of nitrogens with zero attached hydrogens (tertiary/aromatic N) is 1. The van der Waals surface area contributed by atoms with Gasteiger partial charge in [0.1, 0.15) is 6.61 Å². The lowest BCUT2D eigenvalue weighted by Gasteiger charge is -2.31. The van der Waals surface area contributed by atoms with Gasteiger partial charge in [-0.3, -0.25) is 9.59 Å². The van der Waals surface area contributed by atoms with E-state index in [-0.39, 0.29) is 49.1 Å². The zero-order chi connectivity index (χ0) is 42.8. The standard InChI is InChI=1S/C50H81NO7/c1-6-8-10-12-14-16-18-20-22-24-25-27-29-31-33-35-37-39-41-49(53)58-46(44-56-43-42-47(50(54)55)51(3,4)5)45-57-48(52)40-38-36-34-32-30-28-26-23-21-19-17-15-13-11-9-7-2/h9,11,15,17-18,20-25,27-28,30,34,36,46-47H,6-8,10,12-14,16,19,26,29,31-33,35,37-45H2,1-5H3/p+1/b11-9+,17-15+,20-18+,23-21+,24-22+,27-25+,30-28+,36-34+. The largest absolute Gasteiger partial charge is 0.477 e. The normalized spacial score (nSPS) is 13.9. The number of carboxylic acid groups (broad SMARTS) is 1. The second-order valence-electron chi connectivity index (χ2n) is 15.6. The van der Waals surface area contributed by atoms with Gasteiger partial charge >= 0.3 is 17.9 Å². The van der Waals surface area contributed by atoms with Gasteiger partial charge in [-0.05, 0) is 70.6 Å². The van der Waals surface area contributed by atoms with Crippen molar-refractivity contribution in [1.82, 2.24) is 0 Å². The molecule has 0 saturated heterocycles. The molecule has 0 aliphatic carbocycles. The highest BCUT2D eigenvalue weighted by Crippen LogP contribution is 2.12. The third-order valence-corrected chi connectivity index (χ3v) is 9.29. The summed E-state index contributed by atoms with van der Waals surface area (Å²) in [6.07, 6.45) is 53.2. The van der Waals surface area contributed by atoms with E-state index in [1.165, 1.54) is 32.1 Å². The van der Waals surface area contributed by atoms with E-state index in [4.69, 9.17) is 14.2 Å². The van der Waals surface area contributed by atoms with Crippen molar-refractivity contribution in [3.05, 3.63) is 97.2 Å². The van der Waals surface area contributed by atoms with Crippen LogP contribution in [-0.4, -0.2) is 80.6 Å². The van der Waals surface area contributed by atoms with Crippen LogP contribution in [0.2, 0.25) is 0 Å². The highest BCUT2D eigenvalue weighted by molar-refractivity contribution is 5.72. The fourth-order valence-corrected chi connectivity index (χ4v) is 5.85. The van der Waals surface area contributed by atoms with E-state index in [1.807, 2.05) is 33.3 Å². The van der Waals surface area contributed by atoms with E-state index in [2.05, 4.69) is 98.9 Å². The van der Waals surface area contributed by atoms with Crippen LogP contribution in [0.15, 0.2) is 97.2 Å². The van der Waals surface area contributed by atoms with Crippen LogP contribution in [0.4, 0.5) is 0 Å². The zero-order valence-corrected chi connectivity index (χ0v) is 37.2. The number of hydrogen-bond donors (Lipinski definition) is 1. The van der Waals surface area contributed by atoms with Gasteiger partial charge in [-0.25, -0.2) is 4.79 Å². The first-order chi connectivity index (χ1) is 28.1. The second kappa shape index (κ2) is 40.0. The quantitative estimate of drug-likeness (QED) is 0.0218. The molecular formula is C50H82NO7+. The third-order valence-electron chi connectivity index (χ3n) is 9.29. The Kier molecular flexibility index (Phi) is 37.5. The van der Waals surface area contributed by atoms with Gasteiger partial charge in [0.05, 0.1) is 34.4 Å². The summed E-state index contributed by atoms with van der Waals surface area (Å²) in [5.41, 5.74) is 0. The minimum absolute atomic E-state index is 0.0232. The molecule has 0 bridgehead atoms. The van der Waals surface area contributed by atoms with E-state index >= 15 is 0 Å². The number of esters is 2. The molecule has 0 aliphatic rings. The molecule has 328 valence electrons. The molecule has 58 heavy (non-hydrogen) atoms. The van der Waals surface area contributed by atoms with E-state index in [0.717, 1.165) is 77.0 Å². The van der Waals surface area contributed by atoms with Crippen LogP contribution in [0.3, 0.4) is 0 Å². The van der Waals surface area contributed by atoms with Crippen molar-refractivity contribution < 1.29 is 38.2 Å². The topological polar surface area (TPSA) is 99.1 Å². The number of allylic oxidation sites excluding steroid dienone is 16. The second-order valence-corrected chi connectivity index (χ2v) is 15.6. The number of aliphatic carboxylic acids is 1. The van der Waals surface area contributed by atoms with E-state index in [1.54, 1.807) is 0 Å². The molecule has 1 N–H and O–H groups in total. The highest BCUT2D eigenvalue weighted by atomic mass is 16.6. The first kappa shape index (κ1) is 54.2. The summed E-state index contributed by atoms with van der Waals surface area (Å²) >= 11 is 0. The monoisotopic (exact) mass is 809 g/mol. The van der Waals surface area contributed by atoms with Gasteiger partial charge in [-0.2, -0.15) is 0 Å². The molecule has 0 amide bonds. The van der Waals surface area contributed by atoms with Crippen LogP contribution < -0.4 is 0 Å². The fourth-order valence-electron chi connectivity index (χ4n) is 5.85. The summed E-state index contributed by atoms with van der Waals surface area (Å²) in [6, 6.07) is -0.635. The Hall–Kier alpha value is -3.75. The van der Waals surface area contributed by atoms with Gasteiger partial charge in [-0.15, -0.1) is 0 Å². The smallest absolute Gasteiger partial charge is 0.362 e. The van der Waals surface area contributed by atoms with Crippen LogP contribution in [-0.2, 0) is 28.6 Å². The number of unbranched alkanes of at least 4 members (excludes halogenated alkanes) is 10. The van der Waals surface area contributed by atoms with Gasteiger partial charge < -0.3 is 23.8 Å². The minimum Gasteiger partial charge on any atom is -0.477 e. The predicted molar refractivity (Wildman–Crippen MR) is 243 cm³/mol. The number of carboxylic acids is 1. The van der Waals surface area contributed by atoms with Gasteiger partial charge in [0.15, 0.2) is 12.1 Å². The van der Waals surface area contributed by atoms with Gasteiger partial charge in [0, 0.05) is 19.3 Å². The number of carbonyl (C=O) groups excluding carboxylic acids is 2. The molecule has 0 fully saturated rings. The number of likely N-dealkylation sites (N-methyl/N-ethyl adjacent to an activating group) is 1. The fraction of sp³-hybridized carbons (Fsp3) is 0.620. The Morgan fingerprint density at radius 1 is 0.552 bits per heavy atom. The Balaban J connectivity index is 4.52. The lowest BCUT2D eigenvalue weighted by Crippen LogP contribution is -2.50. The van der Waals surface area contributed by atoms with Crippen molar-refractivity contribution in [1.29, 1.82) is 0 Å². The summed E-state index contributed by atoms with van der Waals surface area (Å²) in [6.45, 7) is 4.48. The van der Waals surface area contributed by atoms with Crippen molar-refractivity contribution in [2.45, 2.75) is 161 Å². The average Bonchev–Trinajstić information content (AvgIpc) is 3.18. The zero-order valence-electron chi connectivity index (χ0n) is 37.2. The molecule has 0 radical (unpaired) electrons. The van der Waals surface area contributed by atoms with Crippen molar-refractivity contribution in [3.63, 3.8) is 0 Å². The maximum atomic E-state index is 12.7. The molecule has 8 nitrogen and oxygen atoms in total. The van der Waals surface area contributed by atoms with Crippen LogP contribution in [0.5, 0.6) is 0 Å². The summed E-state index contributed by atoms with van der Waals surface area (Å²) in [4.78, 5) is 37.0. The first-order valence-corrected chi connectivity index (χ1v) is 22.3. The number of hydrogen-bond acceptors (Lipinski definition) is 6. The number of carbonyl (C=O) groups is 3. The van der Waals surface area contributed by atoms with E-state index < -0.39 is 18.1 Å². The molecule has 2 unspecified atom stereocenters. The maximum Gasteiger partial charge on any atom is 0.362 e. The molecule has 8 heteroatoms. The number of ether oxygens (including phenoxy) is 3. The summed E-state index contributed by atoms with van der Waals surface area (Å²) < 4.78 is 17.2. The Morgan fingerprint density at radius 2 is 1.07 bits per heavy atom. The molecule has 0 aromatic rings. The first-order valence-electron chi connectivity index (χ1n) is 22.3. The molecule has 0 aliphatic heterocycles. The minimum atomic E-state index is -0.892. The number of quaternary nitrogens is 1. The van der Waals surface area contributed by atoms with Gasteiger partial charge in [0.25, 0.3) is 0 Å². The van der Waals surface area contributed by atoms with Gasteiger partial charge in [-0.1, -0.05) is 156 Å². The number of rotatable bonds is 38. The Labute approximate surface area is 354 Å². The average molecular weight is 809 g/mol. The molecule has 0 saturated carbocycles. The maximum absolute atomic E-state index is 12.7. The van der Waals surface area contributed by atoms with E-state index in [9.17, 15) is 19.5 Å². The van der Waals surface area contributed by atoms with Crippen LogP contribution >= 0.6 is 0 Å². The summed E-state index contributed by atoms with van der Waals surface area (Å²) in [5.74, 6) is -1.61. The Bertz CT molecular complexity index is 1260. The third kappa shape index (κ3) is 37.8. The molecule has 0 heterocycles. The summed E-state index contributed by atoms with van der Waals surface area (Å²) in [5, 5.41) is 9.62. The van der Waals surface area contributed by atoms with Crippen molar-refractivity contribution in [3.8, 4) is 0 Å². The Morgan fingerprint density at radius 3 is 1.60 bits per heavy atom. The predicted octanol–water partition coefficient (Wildman–Crippen LogP) is 12.3. The molecular weight excluding hydrogens is 727 g/mol. The lowest BCUT2D eigenvalue weighted by molar-refractivity contribution is -0.887. The van der Waals surface area contributed by atoms with Crippen LogP contribution in [0.25, 0.3) is 0 Å². The van der Waals surface area contributed by atoms with Crippen molar-refractivity contribution in [2.75, 3.05) is 41.0 Å². The van der Waals surface area contributed by atoms with Crippen LogP contribution in [0, 0.1) is 0 Å². The summed E-state index contributed by atoms with van der Waals surface area (Å²) in [7, 11) is 5.49. The lowest BCUT2D eigenvalue weighted by atomic mass is 10.1.